The molecule has 278 valence electrons. The normalized spacial score (nSPS) is 11.8. The Morgan fingerprint density at radius 2 is 1.26 bits per heavy atom. The lowest BCUT2D eigenvalue weighted by atomic mass is 10.00. The molecule has 4 aromatic carbocycles. The number of hydrogen-bond acceptors (Lipinski definition) is 7. The predicted molar refractivity (Wildman–Crippen MR) is 204 cm³/mol. The molecule has 0 aliphatic carbocycles. The quantitative estimate of drug-likeness (QED) is 0.0851. The van der Waals surface area contributed by atoms with E-state index in [0.717, 1.165) is 67.6 Å². The Morgan fingerprint density at radius 1 is 0.792 bits per heavy atom. The number of amides is 1. The van der Waals surface area contributed by atoms with Crippen LogP contribution in [0.25, 0.3) is 44.3 Å². The van der Waals surface area contributed by atoms with Gasteiger partial charge in [-0.3, -0.25) is 14.9 Å². The fourth-order valence-electron chi connectivity index (χ4n) is 6.16. The van der Waals surface area contributed by atoms with E-state index in [-0.39, 0.29) is 11.6 Å². The van der Waals surface area contributed by atoms with Gasteiger partial charge in [0.1, 0.15) is 17.5 Å². The van der Waals surface area contributed by atoms with Crippen LogP contribution in [0.2, 0.25) is 0 Å². The molecule has 2 aromatic heterocycles. The molecule has 12 heteroatoms. The maximum Gasteiger partial charge on any atom is 0.234 e. The molecule has 3 N–H and O–H groups in total. The summed E-state index contributed by atoms with van der Waals surface area (Å²) in [6.45, 7) is 13.6. The number of imidazole rings is 2. The molecule has 2 heterocycles. The Bertz CT molecular complexity index is 2180. The highest BCUT2D eigenvalue weighted by atomic mass is 19.1. The minimum atomic E-state index is -0.452. The smallest absolute Gasteiger partial charge is 0.234 e. The Morgan fingerprint density at radius 3 is 1.74 bits per heavy atom. The van der Waals surface area contributed by atoms with Gasteiger partial charge < -0.3 is 24.3 Å². The van der Waals surface area contributed by atoms with Crippen LogP contribution in [0.15, 0.2) is 72.8 Å². The van der Waals surface area contributed by atoms with Crippen LogP contribution in [0.5, 0.6) is 0 Å². The molecule has 0 saturated heterocycles. The first-order valence-corrected chi connectivity index (χ1v) is 17.7. The lowest BCUT2D eigenvalue weighted by Crippen LogP contribution is -2.38. The highest BCUT2D eigenvalue weighted by Crippen LogP contribution is 2.30. The summed E-state index contributed by atoms with van der Waals surface area (Å²) >= 11 is 0. The van der Waals surface area contributed by atoms with Gasteiger partial charge in [0, 0.05) is 26.3 Å². The molecule has 6 aromatic rings. The summed E-state index contributed by atoms with van der Waals surface area (Å²) in [5, 5.41) is 3.12. The summed E-state index contributed by atoms with van der Waals surface area (Å²) in [4.78, 5) is 31.8. The number of aromatic nitrogens is 4. The van der Waals surface area contributed by atoms with Gasteiger partial charge >= 0.3 is 0 Å². The molecule has 1 atom stereocenters. The zero-order chi connectivity index (χ0) is 38.1. The molecule has 0 fully saturated rings. The molecule has 53 heavy (non-hydrogen) atoms. The summed E-state index contributed by atoms with van der Waals surface area (Å²) in [7, 11) is 0. The number of rotatable bonds is 15. The van der Waals surface area contributed by atoms with Crippen molar-refractivity contribution in [2.45, 2.75) is 60.3 Å². The zero-order valence-electron chi connectivity index (χ0n) is 30.8. The van der Waals surface area contributed by atoms with Crippen molar-refractivity contribution in [3.05, 3.63) is 107 Å². The first-order chi connectivity index (χ1) is 25.5. The minimum Gasteiger partial charge on any atom is -0.380 e. The van der Waals surface area contributed by atoms with E-state index in [1.165, 1.54) is 24.3 Å². The second kappa shape index (κ2) is 18.0. The van der Waals surface area contributed by atoms with Crippen molar-refractivity contribution in [3.63, 3.8) is 0 Å². The van der Waals surface area contributed by atoms with Crippen molar-refractivity contribution >= 4 is 34.3 Å². The second-order valence-corrected chi connectivity index (χ2v) is 12.6. The lowest BCUT2D eigenvalue weighted by molar-refractivity contribution is -0.119. The minimum absolute atomic E-state index is 0.258. The standard InChI is InChI=1S/C22H27FN4O2.C19H19FN2O2/c1-4-29-10-9-27-20-12-18(16-5-7-17(23)8-6-16)14(2)11-19(20)26-21(27)13-25-15(3)22(24)28;1-3-24-9-8-22-18-11-16(14-4-6-15(20)7-5-14)13(2)10-17(18)21-19(22)12-23/h5-8,11-12,15,25H,4,9-10,13H2,1-3H3,(H2,24,28);4-7,10-12H,3,8-9H2,1-2H3/t15-;/m0./s1. The van der Waals surface area contributed by atoms with Gasteiger partial charge in [0.15, 0.2) is 12.1 Å². The van der Waals surface area contributed by atoms with E-state index in [4.69, 9.17) is 20.2 Å². The molecule has 1 amide bonds. The molecule has 0 unspecified atom stereocenters. The first-order valence-electron chi connectivity index (χ1n) is 17.7. The maximum atomic E-state index is 13.3. The third-order valence-corrected chi connectivity index (χ3v) is 9.03. The van der Waals surface area contributed by atoms with Crippen molar-refractivity contribution in [1.82, 2.24) is 24.4 Å². The number of hydrogen-bond donors (Lipinski definition) is 2. The molecule has 0 spiro atoms. The summed E-state index contributed by atoms with van der Waals surface area (Å²) in [6.07, 6.45) is 0.763. The molecular weight excluding hydrogens is 678 g/mol. The predicted octanol–water partition coefficient (Wildman–Crippen LogP) is 7.15. The monoisotopic (exact) mass is 724 g/mol. The summed E-state index contributed by atoms with van der Waals surface area (Å²) in [5.41, 5.74) is 14.8. The third-order valence-electron chi connectivity index (χ3n) is 9.03. The number of primary amides is 1. The number of nitrogens with one attached hydrogen (secondary N) is 1. The van der Waals surface area contributed by atoms with Crippen LogP contribution < -0.4 is 11.1 Å². The van der Waals surface area contributed by atoms with Crippen molar-refractivity contribution < 1.29 is 27.8 Å². The van der Waals surface area contributed by atoms with Crippen LogP contribution in [0.4, 0.5) is 8.78 Å². The van der Waals surface area contributed by atoms with Crippen molar-refractivity contribution in [1.29, 1.82) is 0 Å². The fraction of sp³-hybridized carbons (Fsp3) is 0.317. The zero-order valence-corrected chi connectivity index (χ0v) is 30.8. The largest absolute Gasteiger partial charge is 0.380 e. The van der Waals surface area contributed by atoms with Crippen molar-refractivity contribution in [3.8, 4) is 22.3 Å². The van der Waals surface area contributed by atoms with Crippen LogP contribution in [0.3, 0.4) is 0 Å². The second-order valence-electron chi connectivity index (χ2n) is 12.6. The molecule has 6 rings (SSSR count). The molecular formula is C41H46F2N6O4. The Balaban J connectivity index is 0.000000208. The SMILES string of the molecule is CCOCCn1c(C=O)nc2cc(C)c(-c3ccc(F)cc3)cc21.CCOCCn1c(CN[C@@H](C)C(N)=O)nc2cc(C)c(-c3ccc(F)cc3)cc21. The number of halogens is 2. The maximum absolute atomic E-state index is 13.3. The van der Waals surface area contributed by atoms with Crippen LogP contribution in [-0.2, 0) is 33.9 Å². The van der Waals surface area contributed by atoms with Gasteiger partial charge in [0.05, 0.1) is 47.9 Å². The third kappa shape index (κ3) is 9.39. The van der Waals surface area contributed by atoms with E-state index in [2.05, 4.69) is 20.9 Å². The van der Waals surface area contributed by atoms with E-state index >= 15 is 0 Å². The fourth-order valence-corrected chi connectivity index (χ4v) is 6.16. The summed E-state index contributed by atoms with van der Waals surface area (Å²) in [6, 6.07) is 20.5. The van der Waals surface area contributed by atoms with E-state index in [9.17, 15) is 18.4 Å². The van der Waals surface area contributed by atoms with E-state index in [1.54, 1.807) is 31.2 Å². The number of benzene rings is 4. The molecule has 0 aliphatic heterocycles. The number of carbonyl (C=O) groups excluding carboxylic acids is 2. The molecule has 0 radical (unpaired) electrons. The molecule has 10 nitrogen and oxygen atoms in total. The van der Waals surface area contributed by atoms with E-state index in [0.29, 0.717) is 51.9 Å². The lowest BCUT2D eigenvalue weighted by Gasteiger charge is -2.13. The average molecular weight is 725 g/mol. The van der Waals surface area contributed by atoms with Crippen LogP contribution in [0, 0.1) is 25.5 Å². The van der Waals surface area contributed by atoms with Crippen LogP contribution in [-0.4, -0.2) is 63.8 Å². The van der Waals surface area contributed by atoms with Gasteiger partial charge in [-0.25, -0.2) is 18.7 Å². The van der Waals surface area contributed by atoms with Gasteiger partial charge in [-0.2, -0.15) is 0 Å². The summed E-state index contributed by atoms with van der Waals surface area (Å²) in [5.74, 6) is 0.272. The van der Waals surface area contributed by atoms with E-state index < -0.39 is 11.9 Å². The van der Waals surface area contributed by atoms with Gasteiger partial charge in [-0.1, -0.05) is 24.3 Å². The number of ether oxygens (including phenoxy) is 2. The average Bonchev–Trinajstić information content (AvgIpc) is 3.66. The molecule has 0 saturated carbocycles. The number of nitrogens with zero attached hydrogens (tertiary/aromatic N) is 4. The van der Waals surface area contributed by atoms with Crippen molar-refractivity contribution in [2.75, 3.05) is 26.4 Å². The molecule has 0 bridgehead atoms. The van der Waals surface area contributed by atoms with Gasteiger partial charge in [0.25, 0.3) is 0 Å². The number of nitrogens with two attached hydrogens (primary N) is 1. The Kier molecular flexibility index (Phi) is 13.2. The number of aryl methyl sites for hydroxylation is 2. The number of aldehydes is 1. The number of fused-ring (bicyclic) bond motifs is 2. The highest BCUT2D eigenvalue weighted by Gasteiger charge is 2.17. The van der Waals surface area contributed by atoms with Crippen molar-refractivity contribution in [2.24, 2.45) is 5.73 Å². The van der Waals surface area contributed by atoms with Crippen LogP contribution >= 0.6 is 0 Å². The topological polar surface area (TPSA) is 126 Å². The Labute approximate surface area is 307 Å². The Hall–Kier alpha value is -5.30. The first kappa shape index (κ1) is 38.9. The summed E-state index contributed by atoms with van der Waals surface area (Å²) < 4.78 is 41.4. The van der Waals surface area contributed by atoms with Gasteiger partial charge in [-0.05, 0) is 117 Å². The van der Waals surface area contributed by atoms with E-state index in [1.807, 2.05) is 50.5 Å². The number of carbonyl (C=O) groups is 2. The highest BCUT2D eigenvalue weighted by molar-refractivity contribution is 5.88. The van der Waals surface area contributed by atoms with Crippen LogP contribution in [0.1, 0.15) is 48.3 Å². The molecule has 0 aliphatic rings. The van der Waals surface area contributed by atoms with Gasteiger partial charge in [-0.15, -0.1) is 0 Å². The van der Waals surface area contributed by atoms with Gasteiger partial charge in [0.2, 0.25) is 5.91 Å².